The number of para-hydroxylation sites is 1. The fourth-order valence-corrected chi connectivity index (χ4v) is 5.83. The van der Waals surface area contributed by atoms with Gasteiger partial charge in [-0.3, -0.25) is 9.89 Å². The average molecular weight is 513 g/mol. The summed E-state index contributed by atoms with van der Waals surface area (Å²) < 4.78 is 0. The summed E-state index contributed by atoms with van der Waals surface area (Å²) in [6.07, 6.45) is 5.02. The summed E-state index contributed by atoms with van der Waals surface area (Å²) >= 11 is 0. The van der Waals surface area contributed by atoms with Crippen molar-refractivity contribution in [3.63, 3.8) is 0 Å². The summed E-state index contributed by atoms with van der Waals surface area (Å²) in [5.74, 6) is 2.38. The lowest BCUT2D eigenvalue weighted by Gasteiger charge is -2.44. The molecule has 2 aliphatic heterocycles. The van der Waals surface area contributed by atoms with Gasteiger partial charge in [0.15, 0.2) is 5.78 Å². The normalized spacial score (nSPS) is 16.9. The number of nitrogens with zero attached hydrogens (tertiary/aromatic N) is 3. The lowest BCUT2D eigenvalue weighted by atomic mass is 9.93. The highest BCUT2D eigenvalue weighted by Gasteiger charge is 2.30. The Hall–Kier alpha value is -3.74. The van der Waals surface area contributed by atoms with Crippen LogP contribution in [0.3, 0.4) is 0 Å². The zero-order valence-electron chi connectivity index (χ0n) is 22.9. The quantitative estimate of drug-likeness (QED) is 0.351. The molecule has 0 amide bonds. The van der Waals surface area contributed by atoms with E-state index < -0.39 is 0 Å². The van der Waals surface area contributed by atoms with Crippen molar-refractivity contribution in [2.75, 3.05) is 18.4 Å². The number of ketones is 1. The highest BCUT2D eigenvalue weighted by Crippen LogP contribution is 2.31. The van der Waals surface area contributed by atoms with Gasteiger partial charge in [0.1, 0.15) is 0 Å². The Balaban J connectivity index is 1.22. The van der Waals surface area contributed by atoms with Gasteiger partial charge in [0.05, 0.1) is 29.4 Å². The molecule has 0 radical (unpaired) electrons. The van der Waals surface area contributed by atoms with Crippen LogP contribution in [0.5, 0.6) is 0 Å². The first kappa shape index (κ1) is 25.9. The molecule has 3 heterocycles. The Kier molecular flexibility index (Phi) is 7.45. The second kappa shape index (κ2) is 10.9. The van der Waals surface area contributed by atoms with Gasteiger partial charge in [0.2, 0.25) is 0 Å². The number of piperidine rings is 1. The van der Waals surface area contributed by atoms with Crippen LogP contribution in [0.4, 0.5) is 5.69 Å². The number of anilines is 1. The summed E-state index contributed by atoms with van der Waals surface area (Å²) in [6, 6.07) is 12.9. The largest absolute Gasteiger partial charge is 0.362 e. The standard InChI is InChI=1S/C31H40N6O/c1-6-30(38)29(17-23-15-25-18-32-35-31(25)27(16-23)20(2)3)33-21(4)36-13-11-26(12-14-36)37-19-24-9-7-8-10-28(24)34-22(37)5/h7-10,15-16,18,20,26,29,33-34H,4-6,11-14,17,19H2,1-3H3,(H,32,35). The molecule has 3 N–H and O–H groups in total. The summed E-state index contributed by atoms with van der Waals surface area (Å²) in [6.45, 7) is 17.6. The number of benzene rings is 2. The number of carbonyl (C=O) groups is 1. The van der Waals surface area contributed by atoms with Crippen molar-refractivity contribution in [3.8, 4) is 0 Å². The molecule has 7 nitrogen and oxygen atoms in total. The Labute approximate surface area is 226 Å². The predicted octanol–water partition coefficient (Wildman–Crippen LogP) is 5.50. The zero-order valence-corrected chi connectivity index (χ0v) is 22.9. The third-order valence-electron chi connectivity index (χ3n) is 8.05. The van der Waals surface area contributed by atoms with Crippen LogP contribution in [0.2, 0.25) is 0 Å². The molecular formula is C31H40N6O. The van der Waals surface area contributed by atoms with Crippen molar-refractivity contribution in [1.29, 1.82) is 0 Å². The molecule has 1 atom stereocenters. The third-order valence-corrected chi connectivity index (χ3v) is 8.05. The summed E-state index contributed by atoms with van der Waals surface area (Å²) in [5, 5.41) is 15.4. The number of aromatic nitrogens is 2. The molecule has 3 aromatic rings. The van der Waals surface area contributed by atoms with Gasteiger partial charge in [0, 0.05) is 43.2 Å². The van der Waals surface area contributed by atoms with Gasteiger partial charge >= 0.3 is 0 Å². The van der Waals surface area contributed by atoms with Gasteiger partial charge in [0.25, 0.3) is 0 Å². The van der Waals surface area contributed by atoms with Crippen molar-refractivity contribution in [2.24, 2.45) is 0 Å². The zero-order chi connectivity index (χ0) is 26.8. The first-order valence-corrected chi connectivity index (χ1v) is 13.8. The van der Waals surface area contributed by atoms with E-state index in [1.54, 1.807) is 0 Å². The number of hydrogen-bond acceptors (Lipinski definition) is 6. The first-order chi connectivity index (χ1) is 18.3. The SMILES string of the molecule is C=C(NC(Cc1cc(C(C)C)c2[nH]ncc2c1)C(=O)CC)N1CCC(N2Cc3ccccc3NC2=C)CC1. The van der Waals surface area contributed by atoms with Gasteiger partial charge in [-0.05, 0) is 54.0 Å². The summed E-state index contributed by atoms with van der Waals surface area (Å²) in [7, 11) is 0. The lowest BCUT2D eigenvalue weighted by molar-refractivity contribution is -0.120. The lowest BCUT2D eigenvalue weighted by Crippen LogP contribution is -2.49. The molecule has 7 heteroatoms. The van der Waals surface area contributed by atoms with Gasteiger partial charge in [-0.25, -0.2) is 0 Å². The number of carbonyl (C=O) groups excluding carboxylic acids is 1. The number of likely N-dealkylation sites (tertiary alicyclic amines) is 1. The number of rotatable bonds is 9. The van der Waals surface area contributed by atoms with Crippen LogP contribution in [0.15, 0.2) is 67.4 Å². The van der Waals surface area contributed by atoms with Crippen LogP contribution in [-0.4, -0.2) is 51.0 Å². The minimum atomic E-state index is -0.308. The van der Waals surface area contributed by atoms with Crippen molar-refractivity contribution >= 4 is 22.4 Å². The van der Waals surface area contributed by atoms with Crippen LogP contribution in [0.25, 0.3) is 10.9 Å². The van der Waals surface area contributed by atoms with Crippen LogP contribution < -0.4 is 10.6 Å². The maximum absolute atomic E-state index is 13.0. The second-order valence-electron chi connectivity index (χ2n) is 10.9. The molecule has 5 rings (SSSR count). The van der Waals surface area contributed by atoms with E-state index >= 15 is 0 Å². The van der Waals surface area contributed by atoms with Crippen molar-refractivity contribution < 1.29 is 4.79 Å². The molecule has 200 valence electrons. The molecule has 1 aromatic heterocycles. The van der Waals surface area contributed by atoms with Crippen LogP contribution in [-0.2, 0) is 17.8 Å². The smallest absolute Gasteiger partial charge is 0.155 e. The Bertz CT molecular complexity index is 1330. The molecule has 1 unspecified atom stereocenters. The Morgan fingerprint density at radius 1 is 1.21 bits per heavy atom. The highest BCUT2D eigenvalue weighted by atomic mass is 16.1. The molecular weight excluding hydrogens is 472 g/mol. The van der Waals surface area contributed by atoms with Crippen molar-refractivity contribution in [3.05, 3.63) is 84.1 Å². The van der Waals surface area contributed by atoms with E-state index in [0.717, 1.165) is 66.3 Å². The van der Waals surface area contributed by atoms with Gasteiger partial charge in [-0.15, -0.1) is 0 Å². The summed E-state index contributed by atoms with van der Waals surface area (Å²) in [4.78, 5) is 17.7. The molecule has 0 aliphatic carbocycles. The fourth-order valence-electron chi connectivity index (χ4n) is 5.83. The molecule has 1 fully saturated rings. The van der Waals surface area contributed by atoms with E-state index in [4.69, 9.17) is 0 Å². The predicted molar refractivity (Wildman–Crippen MR) is 155 cm³/mol. The van der Waals surface area contributed by atoms with Crippen molar-refractivity contribution in [2.45, 2.75) is 71.0 Å². The van der Waals surface area contributed by atoms with E-state index in [1.165, 1.54) is 11.1 Å². The number of Topliss-reactive ketones (excluding diaryl/α,β-unsaturated/α-hetero) is 1. The van der Waals surface area contributed by atoms with Gasteiger partial charge in [-0.1, -0.05) is 58.2 Å². The van der Waals surface area contributed by atoms with Crippen LogP contribution >= 0.6 is 0 Å². The molecule has 2 aromatic carbocycles. The summed E-state index contributed by atoms with van der Waals surface area (Å²) in [5.41, 5.74) is 5.92. The number of aromatic amines is 1. The van der Waals surface area contributed by atoms with Crippen LogP contribution in [0, 0.1) is 0 Å². The van der Waals surface area contributed by atoms with Gasteiger partial charge < -0.3 is 20.4 Å². The number of nitrogens with one attached hydrogen (secondary N) is 3. The number of hydrogen-bond donors (Lipinski definition) is 3. The van der Waals surface area contributed by atoms with Crippen LogP contribution in [0.1, 0.15) is 62.6 Å². The first-order valence-electron chi connectivity index (χ1n) is 13.8. The molecule has 2 aliphatic rings. The maximum atomic E-state index is 13.0. The minimum absolute atomic E-state index is 0.203. The fraction of sp³-hybridized carbons (Fsp3) is 0.419. The number of H-pyrrole nitrogens is 1. The Morgan fingerprint density at radius 2 is 1.97 bits per heavy atom. The maximum Gasteiger partial charge on any atom is 0.155 e. The van der Waals surface area contributed by atoms with E-state index in [2.05, 4.69) is 94.0 Å². The van der Waals surface area contributed by atoms with E-state index in [-0.39, 0.29) is 11.8 Å². The van der Waals surface area contributed by atoms with E-state index in [0.29, 0.717) is 24.8 Å². The number of fused-ring (bicyclic) bond motifs is 2. The Morgan fingerprint density at radius 3 is 2.71 bits per heavy atom. The monoisotopic (exact) mass is 512 g/mol. The topological polar surface area (TPSA) is 76.3 Å². The van der Waals surface area contributed by atoms with E-state index in [9.17, 15) is 4.79 Å². The molecule has 38 heavy (non-hydrogen) atoms. The second-order valence-corrected chi connectivity index (χ2v) is 10.9. The molecule has 0 spiro atoms. The molecule has 1 saturated heterocycles. The molecule has 0 saturated carbocycles. The molecule has 0 bridgehead atoms. The van der Waals surface area contributed by atoms with Crippen molar-refractivity contribution in [1.82, 2.24) is 25.3 Å². The van der Waals surface area contributed by atoms with Gasteiger partial charge in [-0.2, -0.15) is 5.10 Å². The minimum Gasteiger partial charge on any atom is -0.362 e. The average Bonchev–Trinajstić information content (AvgIpc) is 3.40. The van der Waals surface area contributed by atoms with E-state index in [1.807, 2.05) is 13.1 Å². The third kappa shape index (κ3) is 5.28. The highest BCUT2D eigenvalue weighted by molar-refractivity contribution is 5.85.